The third-order valence-electron chi connectivity index (χ3n) is 4.86. The number of fused-ring (bicyclic) bond motifs is 2. The number of anilines is 1. The van der Waals surface area contributed by atoms with Crippen LogP contribution >= 0.6 is 23.1 Å². The van der Waals surface area contributed by atoms with E-state index >= 15 is 0 Å². The van der Waals surface area contributed by atoms with Crippen molar-refractivity contribution in [3.8, 4) is 11.3 Å². The van der Waals surface area contributed by atoms with Crippen molar-refractivity contribution in [2.75, 3.05) is 11.1 Å². The molecule has 3 aromatic carbocycles. The molecular formula is C24H19N3OS2. The second-order valence-electron chi connectivity index (χ2n) is 7.07. The van der Waals surface area contributed by atoms with E-state index in [-0.39, 0.29) is 5.91 Å². The molecule has 6 heteroatoms. The number of hydrogen-bond donors (Lipinski definition) is 2. The van der Waals surface area contributed by atoms with Gasteiger partial charge in [0, 0.05) is 15.8 Å². The van der Waals surface area contributed by atoms with E-state index in [9.17, 15) is 4.79 Å². The van der Waals surface area contributed by atoms with Crippen LogP contribution in [0, 0.1) is 6.92 Å². The Labute approximate surface area is 182 Å². The Morgan fingerprint density at radius 3 is 2.73 bits per heavy atom. The van der Waals surface area contributed by atoms with Crippen LogP contribution in [0.15, 0.2) is 77.7 Å². The summed E-state index contributed by atoms with van der Waals surface area (Å²) in [6.45, 7) is 2.06. The number of carbonyl (C=O) groups is 1. The van der Waals surface area contributed by atoms with Gasteiger partial charge in [0.05, 0.1) is 21.7 Å². The fraction of sp³-hybridized carbons (Fsp3) is 0.0833. The number of aryl methyl sites for hydroxylation is 1. The maximum atomic E-state index is 12.7. The Balaban J connectivity index is 1.38. The van der Waals surface area contributed by atoms with Crippen LogP contribution in [0.25, 0.3) is 32.4 Å². The van der Waals surface area contributed by atoms with E-state index in [1.165, 1.54) is 16.9 Å². The molecule has 0 saturated heterocycles. The number of carbonyl (C=O) groups excluding carboxylic acids is 1. The molecule has 2 aromatic heterocycles. The van der Waals surface area contributed by atoms with Gasteiger partial charge in [-0.15, -0.1) is 11.8 Å². The van der Waals surface area contributed by atoms with E-state index in [1.54, 1.807) is 11.8 Å². The number of aromatic nitrogens is 2. The molecule has 148 valence electrons. The van der Waals surface area contributed by atoms with E-state index in [2.05, 4.69) is 52.5 Å². The maximum Gasteiger partial charge on any atom is 0.236 e. The minimum atomic E-state index is -0.0555. The van der Waals surface area contributed by atoms with Crippen molar-refractivity contribution in [2.45, 2.75) is 11.8 Å². The highest BCUT2D eigenvalue weighted by atomic mass is 32.2. The van der Waals surface area contributed by atoms with Crippen molar-refractivity contribution < 1.29 is 4.79 Å². The normalized spacial score (nSPS) is 11.2. The van der Waals surface area contributed by atoms with Crippen LogP contribution in [0.5, 0.6) is 0 Å². The average Bonchev–Trinajstić information content (AvgIpc) is 3.33. The first-order valence-corrected chi connectivity index (χ1v) is 11.4. The molecule has 0 aliphatic carbocycles. The zero-order valence-corrected chi connectivity index (χ0v) is 17.9. The van der Waals surface area contributed by atoms with Crippen molar-refractivity contribution in [3.63, 3.8) is 0 Å². The summed E-state index contributed by atoms with van der Waals surface area (Å²) < 4.78 is 1.08. The fourth-order valence-electron chi connectivity index (χ4n) is 3.45. The first-order valence-electron chi connectivity index (χ1n) is 9.63. The molecule has 0 saturated carbocycles. The van der Waals surface area contributed by atoms with Crippen molar-refractivity contribution >= 4 is 55.3 Å². The van der Waals surface area contributed by atoms with Gasteiger partial charge in [-0.1, -0.05) is 65.9 Å². The zero-order valence-electron chi connectivity index (χ0n) is 16.3. The minimum absolute atomic E-state index is 0.0555. The molecule has 2 heterocycles. The Hall–Kier alpha value is -3.09. The molecule has 0 radical (unpaired) electrons. The first-order chi connectivity index (χ1) is 14.7. The summed E-state index contributed by atoms with van der Waals surface area (Å²) in [4.78, 5) is 21.8. The van der Waals surface area contributed by atoms with Gasteiger partial charge in [-0.05, 0) is 36.2 Å². The van der Waals surface area contributed by atoms with Crippen LogP contribution < -0.4 is 5.32 Å². The van der Waals surface area contributed by atoms with Crippen molar-refractivity contribution in [1.82, 2.24) is 9.97 Å². The summed E-state index contributed by atoms with van der Waals surface area (Å²) in [5.41, 5.74) is 5.33. The first kappa shape index (κ1) is 18.9. The Morgan fingerprint density at radius 2 is 1.87 bits per heavy atom. The molecule has 0 spiro atoms. The maximum absolute atomic E-state index is 12.7. The predicted molar refractivity (Wildman–Crippen MR) is 127 cm³/mol. The zero-order chi connectivity index (χ0) is 20.5. The van der Waals surface area contributed by atoms with Gasteiger partial charge in [-0.3, -0.25) is 4.79 Å². The van der Waals surface area contributed by atoms with Crippen LogP contribution in [0.3, 0.4) is 0 Å². The molecule has 0 unspecified atom stereocenters. The molecule has 0 aliphatic heterocycles. The number of amides is 1. The Kier molecular flexibility index (Phi) is 5.02. The van der Waals surface area contributed by atoms with E-state index in [4.69, 9.17) is 0 Å². The molecule has 2 N–H and O–H groups in total. The fourth-order valence-corrected chi connectivity index (χ4v) is 5.43. The van der Waals surface area contributed by atoms with Crippen molar-refractivity contribution in [1.29, 1.82) is 0 Å². The number of thioether (sulfide) groups is 1. The smallest absolute Gasteiger partial charge is 0.236 e. The monoisotopic (exact) mass is 429 g/mol. The number of thiazole rings is 1. The molecule has 1 amide bonds. The number of H-pyrrole nitrogens is 1. The molecule has 5 rings (SSSR count). The van der Waals surface area contributed by atoms with Crippen LogP contribution in [-0.2, 0) is 4.79 Å². The molecule has 5 aromatic rings. The van der Waals surface area contributed by atoms with Gasteiger partial charge in [0.25, 0.3) is 0 Å². The van der Waals surface area contributed by atoms with Crippen LogP contribution in [-0.4, -0.2) is 21.6 Å². The standard InChI is InChI=1S/C24H19N3OS2/c1-15-11-12-19-20(13-15)30-24(26-19)27-21(28)14-29-23-17-9-5-6-10-18(17)25-22(23)16-7-3-2-4-8-16/h2-13,25H,14H2,1H3,(H,26,27,28). The number of aromatic amines is 1. The molecule has 0 fully saturated rings. The van der Waals surface area contributed by atoms with Gasteiger partial charge in [0.15, 0.2) is 5.13 Å². The number of rotatable bonds is 5. The topological polar surface area (TPSA) is 57.8 Å². The summed E-state index contributed by atoms with van der Waals surface area (Å²) in [5, 5.41) is 4.73. The second-order valence-corrected chi connectivity index (χ2v) is 9.08. The van der Waals surface area contributed by atoms with E-state index in [0.717, 1.165) is 37.3 Å². The lowest BCUT2D eigenvalue weighted by molar-refractivity contribution is -0.113. The van der Waals surface area contributed by atoms with Crippen LogP contribution in [0.2, 0.25) is 0 Å². The number of nitrogens with one attached hydrogen (secondary N) is 2. The van der Waals surface area contributed by atoms with Gasteiger partial charge in [-0.2, -0.15) is 0 Å². The molecule has 0 aliphatic rings. The minimum Gasteiger partial charge on any atom is -0.354 e. The Morgan fingerprint density at radius 1 is 1.07 bits per heavy atom. The van der Waals surface area contributed by atoms with Gasteiger partial charge in [0.2, 0.25) is 5.91 Å². The predicted octanol–water partition coefficient (Wildman–Crippen LogP) is 6.48. The summed E-state index contributed by atoms with van der Waals surface area (Å²) in [7, 11) is 0. The van der Waals surface area contributed by atoms with Gasteiger partial charge >= 0.3 is 0 Å². The van der Waals surface area contributed by atoms with Gasteiger partial charge in [0.1, 0.15) is 0 Å². The van der Waals surface area contributed by atoms with Gasteiger partial charge < -0.3 is 10.3 Å². The lowest BCUT2D eigenvalue weighted by Gasteiger charge is -2.05. The number of hydrogen-bond acceptors (Lipinski definition) is 4. The number of nitrogens with zero attached hydrogens (tertiary/aromatic N) is 1. The summed E-state index contributed by atoms with van der Waals surface area (Å²) in [6, 6.07) is 24.5. The number of benzene rings is 3. The summed E-state index contributed by atoms with van der Waals surface area (Å²) >= 11 is 3.06. The average molecular weight is 430 g/mol. The van der Waals surface area contributed by atoms with Crippen LogP contribution in [0.1, 0.15) is 5.56 Å². The Bertz CT molecular complexity index is 1360. The molecule has 0 atom stereocenters. The highest BCUT2D eigenvalue weighted by molar-refractivity contribution is 8.00. The molecule has 0 bridgehead atoms. The summed E-state index contributed by atoms with van der Waals surface area (Å²) in [6.07, 6.45) is 0. The third-order valence-corrected chi connectivity index (χ3v) is 6.91. The SMILES string of the molecule is Cc1ccc2nc(NC(=O)CSc3c(-c4ccccc4)[nH]c4ccccc34)sc2c1. The lowest BCUT2D eigenvalue weighted by Crippen LogP contribution is -2.13. The van der Waals surface area contributed by atoms with E-state index in [1.807, 2.05) is 42.5 Å². The van der Waals surface area contributed by atoms with E-state index in [0.29, 0.717) is 10.9 Å². The highest BCUT2D eigenvalue weighted by Crippen LogP contribution is 2.37. The van der Waals surface area contributed by atoms with Crippen LogP contribution in [0.4, 0.5) is 5.13 Å². The lowest BCUT2D eigenvalue weighted by atomic mass is 10.1. The van der Waals surface area contributed by atoms with E-state index < -0.39 is 0 Å². The number of para-hydroxylation sites is 1. The quantitative estimate of drug-likeness (QED) is 0.314. The third kappa shape index (κ3) is 3.72. The molecule has 4 nitrogen and oxygen atoms in total. The van der Waals surface area contributed by atoms with Gasteiger partial charge in [-0.25, -0.2) is 4.98 Å². The second kappa shape index (κ2) is 7.97. The molecular weight excluding hydrogens is 410 g/mol. The summed E-state index contributed by atoms with van der Waals surface area (Å²) in [5.74, 6) is 0.261. The van der Waals surface area contributed by atoms with Crippen molar-refractivity contribution in [2.24, 2.45) is 0 Å². The van der Waals surface area contributed by atoms with Crippen molar-refractivity contribution in [3.05, 3.63) is 78.4 Å². The highest BCUT2D eigenvalue weighted by Gasteiger charge is 2.16. The largest absolute Gasteiger partial charge is 0.354 e. The molecule has 30 heavy (non-hydrogen) atoms.